The minimum Gasteiger partial charge on any atom is -0.342 e. The molecule has 0 spiro atoms. The lowest BCUT2D eigenvalue weighted by atomic mass is 10.2. The molecule has 1 rings (SSSR count). The zero-order valence-corrected chi connectivity index (χ0v) is 12.5. The Morgan fingerprint density at radius 2 is 2.11 bits per heavy atom. The minimum absolute atomic E-state index is 0.142. The Kier molecular flexibility index (Phi) is 6.29. The molecule has 0 fully saturated rings. The second-order valence-corrected chi connectivity index (χ2v) is 5.39. The number of hydrogen-bond donors (Lipinski definition) is 1. The van der Waals surface area contributed by atoms with Gasteiger partial charge < -0.3 is 10.2 Å². The number of amides is 1. The molecule has 18 heavy (non-hydrogen) atoms. The molecule has 1 atom stereocenters. The molecule has 1 amide bonds. The molecule has 0 radical (unpaired) electrons. The summed E-state index contributed by atoms with van der Waals surface area (Å²) in [4.78, 5) is 19.4. The molecule has 0 aliphatic carbocycles. The van der Waals surface area contributed by atoms with E-state index in [0.29, 0.717) is 6.54 Å². The summed E-state index contributed by atoms with van der Waals surface area (Å²) in [5.74, 6) is 0.167. The molecule has 1 aromatic rings. The average Bonchev–Trinajstić information content (AvgIpc) is 2.85. The average molecular weight is 269 g/mol. The largest absolute Gasteiger partial charge is 0.342 e. The van der Waals surface area contributed by atoms with Gasteiger partial charge in [-0.2, -0.15) is 0 Å². The summed E-state index contributed by atoms with van der Waals surface area (Å²) in [7, 11) is 0. The van der Waals surface area contributed by atoms with Crippen LogP contribution in [-0.4, -0.2) is 34.9 Å². The highest BCUT2D eigenvalue weighted by atomic mass is 32.1. The Morgan fingerprint density at radius 3 is 2.61 bits per heavy atom. The number of nitrogens with zero attached hydrogens (tertiary/aromatic N) is 2. The number of carbonyl (C=O) groups is 1. The molecule has 0 bridgehead atoms. The zero-order valence-electron chi connectivity index (χ0n) is 11.7. The van der Waals surface area contributed by atoms with E-state index in [1.54, 1.807) is 11.3 Å². The fourth-order valence-corrected chi connectivity index (χ4v) is 2.56. The van der Waals surface area contributed by atoms with Gasteiger partial charge in [0.1, 0.15) is 0 Å². The molecule has 1 heterocycles. The topological polar surface area (TPSA) is 45.2 Å². The smallest absolute Gasteiger partial charge is 0.239 e. The van der Waals surface area contributed by atoms with Gasteiger partial charge in [0.2, 0.25) is 5.91 Å². The Bertz CT molecular complexity index is 374. The zero-order chi connectivity index (χ0) is 13.5. The van der Waals surface area contributed by atoms with E-state index in [0.717, 1.165) is 24.5 Å². The number of carbonyl (C=O) groups excluding carboxylic acids is 1. The molecule has 1 N–H and O–H groups in total. The van der Waals surface area contributed by atoms with Crippen molar-refractivity contribution in [2.75, 3.05) is 13.1 Å². The van der Waals surface area contributed by atoms with Crippen LogP contribution in [0, 0.1) is 0 Å². The van der Waals surface area contributed by atoms with Gasteiger partial charge in [0.05, 0.1) is 11.0 Å². The van der Waals surface area contributed by atoms with E-state index in [1.165, 1.54) is 4.88 Å². The highest BCUT2D eigenvalue weighted by Gasteiger charge is 2.17. The summed E-state index contributed by atoms with van der Waals surface area (Å²) < 4.78 is 0. The number of aromatic nitrogens is 1. The molecule has 0 saturated heterocycles. The molecule has 1 unspecified atom stereocenters. The summed E-state index contributed by atoms with van der Waals surface area (Å²) in [5, 5.41) is 4.41. The van der Waals surface area contributed by atoms with Crippen LogP contribution in [0.1, 0.15) is 37.6 Å². The van der Waals surface area contributed by atoms with Crippen molar-refractivity contribution < 1.29 is 4.79 Å². The number of hydrogen-bond acceptors (Lipinski definition) is 4. The van der Waals surface area contributed by atoms with Gasteiger partial charge in [0, 0.05) is 30.7 Å². The van der Waals surface area contributed by atoms with E-state index in [-0.39, 0.29) is 11.9 Å². The first-order valence-electron chi connectivity index (χ1n) is 6.58. The number of likely N-dealkylation sites (N-methyl/N-ethyl adjacent to an activating group) is 1. The third-order valence-electron chi connectivity index (χ3n) is 2.93. The van der Waals surface area contributed by atoms with E-state index in [4.69, 9.17) is 0 Å². The Labute approximate surface area is 113 Å². The molecule has 4 nitrogen and oxygen atoms in total. The van der Waals surface area contributed by atoms with Crippen molar-refractivity contribution in [3.05, 3.63) is 16.1 Å². The third kappa shape index (κ3) is 4.07. The molecule has 5 heteroatoms. The molecule has 0 aromatic carbocycles. The minimum atomic E-state index is -0.142. The SMILES string of the molecule is CCc1ncc(CNC(C)C(=O)N(CC)CC)s1. The maximum absolute atomic E-state index is 12.0. The van der Waals surface area contributed by atoms with Crippen LogP contribution in [-0.2, 0) is 17.8 Å². The van der Waals surface area contributed by atoms with Crippen LogP contribution in [0.15, 0.2) is 6.20 Å². The van der Waals surface area contributed by atoms with Crippen molar-refractivity contribution in [3.8, 4) is 0 Å². The first-order chi connectivity index (χ1) is 8.62. The van der Waals surface area contributed by atoms with E-state index >= 15 is 0 Å². The van der Waals surface area contributed by atoms with Gasteiger partial charge in [-0.25, -0.2) is 4.98 Å². The van der Waals surface area contributed by atoms with Crippen LogP contribution >= 0.6 is 11.3 Å². The number of aryl methyl sites for hydroxylation is 1. The molecular formula is C13H23N3OS. The summed E-state index contributed by atoms with van der Waals surface area (Å²) in [6.07, 6.45) is 2.86. The summed E-state index contributed by atoms with van der Waals surface area (Å²) in [6.45, 7) is 10.3. The van der Waals surface area contributed by atoms with Gasteiger partial charge in [-0.1, -0.05) is 6.92 Å². The van der Waals surface area contributed by atoms with Crippen molar-refractivity contribution in [1.82, 2.24) is 15.2 Å². The standard InChI is InChI=1S/C13H23N3OS/c1-5-12-15-9-11(18-12)8-14-10(4)13(17)16(6-2)7-3/h9-10,14H,5-8H2,1-4H3. The van der Waals surface area contributed by atoms with Crippen LogP contribution in [0.4, 0.5) is 0 Å². The van der Waals surface area contributed by atoms with E-state index in [1.807, 2.05) is 31.9 Å². The van der Waals surface area contributed by atoms with Crippen molar-refractivity contribution >= 4 is 17.2 Å². The maximum Gasteiger partial charge on any atom is 0.239 e. The number of thiazole rings is 1. The molecular weight excluding hydrogens is 246 g/mol. The lowest BCUT2D eigenvalue weighted by Gasteiger charge is -2.23. The fraction of sp³-hybridized carbons (Fsp3) is 0.692. The van der Waals surface area contributed by atoms with Gasteiger partial charge in [-0.3, -0.25) is 4.79 Å². The van der Waals surface area contributed by atoms with E-state index < -0.39 is 0 Å². The molecule has 1 aromatic heterocycles. The molecule has 0 saturated carbocycles. The Hall–Kier alpha value is -0.940. The van der Waals surface area contributed by atoms with Gasteiger partial charge in [0.25, 0.3) is 0 Å². The second kappa shape index (κ2) is 7.48. The third-order valence-corrected chi connectivity index (χ3v) is 4.07. The van der Waals surface area contributed by atoms with Crippen molar-refractivity contribution in [2.45, 2.75) is 46.7 Å². The lowest BCUT2D eigenvalue weighted by Crippen LogP contribution is -2.44. The highest BCUT2D eigenvalue weighted by Crippen LogP contribution is 2.13. The Morgan fingerprint density at radius 1 is 1.44 bits per heavy atom. The van der Waals surface area contributed by atoms with Gasteiger partial charge in [-0.05, 0) is 27.2 Å². The fourth-order valence-electron chi connectivity index (χ4n) is 1.74. The first-order valence-corrected chi connectivity index (χ1v) is 7.39. The van der Waals surface area contributed by atoms with Crippen LogP contribution in [0.2, 0.25) is 0 Å². The molecule has 0 aliphatic rings. The predicted molar refractivity (Wildman–Crippen MR) is 75.7 cm³/mol. The summed E-state index contributed by atoms with van der Waals surface area (Å²) in [5.41, 5.74) is 0. The van der Waals surface area contributed by atoms with Gasteiger partial charge in [0.15, 0.2) is 0 Å². The van der Waals surface area contributed by atoms with Crippen LogP contribution in [0.3, 0.4) is 0 Å². The number of rotatable bonds is 7. The van der Waals surface area contributed by atoms with Crippen LogP contribution in [0.25, 0.3) is 0 Å². The quantitative estimate of drug-likeness (QED) is 0.824. The van der Waals surface area contributed by atoms with Gasteiger partial charge >= 0.3 is 0 Å². The molecule has 0 aliphatic heterocycles. The van der Waals surface area contributed by atoms with Gasteiger partial charge in [-0.15, -0.1) is 11.3 Å². The molecule has 102 valence electrons. The van der Waals surface area contributed by atoms with E-state index in [2.05, 4.69) is 17.2 Å². The van der Waals surface area contributed by atoms with E-state index in [9.17, 15) is 4.79 Å². The highest BCUT2D eigenvalue weighted by molar-refractivity contribution is 7.11. The summed E-state index contributed by atoms with van der Waals surface area (Å²) in [6, 6.07) is -0.142. The van der Waals surface area contributed by atoms with Crippen molar-refractivity contribution in [1.29, 1.82) is 0 Å². The second-order valence-electron chi connectivity index (χ2n) is 4.19. The Balaban J connectivity index is 2.45. The summed E-state index contributed by atoms with van der Waals surface area (Å²) >= 11 is 1.71. The number of nitrogens with one attached hydrogen (secondary N) is 1. The maximum atomic E-state index is 12.0. The first kappa shape index (κ1) is 15.1. The normalized spacial score (nSPS) is 12.4. The van der Waals surface area contributed by atoms with Crippen LogP contribution < -0.4 is 5.32 Å². The lowest BCUT2D eigenvalue weighted by molar-refractivity contribution is -0.132. The van der Waals surface area contributed by atoms with Crippen molar-refractivity contribution in [2.24, 2.45) is 0 Å². The predicted octanol–water partition coefficient (Wildman–Crippen LogP) is 2.05. The monoisotopic (exact) mass is 269 g/mol. The van der Waals surface area contributed by atoms with Crippen molar-refractivity contribution in [3.63, 3.8) is 0 Å². The van der Waals surface area contributed by atoms with Crippen LogP contribution in [0.5, 0.6) is 0 Å².